The molecule has 1 saturated heterocycles. The second-order valence-electron chi connectivity index (χ2n) is 7.36. The summed E-state index contributed by atoms with van der Waals surface area (Å²) in [6.07, 6.45) is 1.75. The molecular formula is C21H23N5O4S2. The topological polar surface area (TPSA) is 117 Å². The average Bonchev–Trinajstić information content (AvgIpc) is 3.45. The summed E-state index contributed by atoms with van der Waals surface area (Å²) in [4.78, 5) is 24.7. The van der Waals surface area contributed by atoms with Gasteiger partial charge in [0.15, 0.2) is 5.16 Å². The third kappa shape index (κ3) is 5.12. The fourth-order valence-electron chi connectivity index (χ4n) is 3.43. The van der Waals surface area contributed by atoms with Gasteiger partial charge in [-0.3, -0.25) is 9.36 Å². The number of nitrogens with one attached hydrogen (secondary N) is 2. The van der Waals surface area contributed by atoms with Crippen LogP contribution in [-0.4, -0.2) is 52.2 Å². The molecule has 4 rings (SSSR count). The van der Waals surface area contributed by atoms with Crippen LogP contribution in [0.2, 0.25) is 0 Å². The van der Waals surface area contributed by atoms with Crippen LogP contribution in [0.3, 0.4) is 0 Å². The number of sulfonamides is 1. The summed E-state index contributed by atoms with van der Waals surface area (Å²) in [5.41, 5.74) is 1.11. The van der Waals surface area contributed by atoms with E-state index in [2.05, 4.69) is 15.5 Å². The van der Waals surface area contributed by atoms with Gasteiger partial charge in [-0.15, -0.1) is 5.10 Å². The van der Waals surface area contributed by atoms with Crippen LogP contribution >= 0.6 is 11.8 Å². The van der Waals surface area contributed by atoms with Crippen molar-refractivity contribution >= 4 is 33.4 Å². The highest BCUT2D eigenvalue weighted by Crippen LogP contribution is 2.22. The highest BCUT2D eigenvalue weighted by atomic mass is 32.2. The maximum atomic E-state index is 12.6. The first-order chi connectivity index (χ1) is 15.4. The van der Waals surface area contributed by atoms with Gasteiger partial charge >= 0.3 is 5.69 Å². The van der Waals surface area contributed by atoms with Gasteiger partial charge in [-0.05, 0) is 42.7 Å². The number of carbonyl (C=O) groups is 1. The van der Waals surface area contributed by atoms with Crippen LogP contribution in [-0.2, 0) is 21.4 Å². The van der Waals surface area contributed by atoms with Crippen LogP contribution in [0.4, 0.5) is 5.69 Å². The molecule has 0 unspecified atom stereocenters. The van der Waals surface area contributed by atoms with Gasteiger partial charge in [0, 0.05) is 18.8 Å². The molecule has 0 bridgehead atoms. The number of aromatic amines is 1. The summed E-state index contributed by atoms with van der Waals surface area (Å²) in [6.45, 7) is 1.44. The van der Waals surface area contributed by atoms with E-state index >= 15 is 0 Å². The van der Waals surface area contributed by atoms with Crippen LogP contribution in [0.15, 0.2) is 69.4 Å². The number of rotatable bonds is 8. The van der Waals surface area contributed by atoms with E-state index in [0.717, 1.165) is 30.2 Å². The molecular weight excluding hydrogens is 450 g/mol. The van der Waals surface area contributed by atoms with E-state index in [1.54, 1.807) is 12.1 Å². The number of carbonyl (C=O) groups excluding carboxylic acids is 1. The molecule has 2 aromatic carbocycles. The van der Waals surface area contributed by atoms with Crippen molar-refractivity contribution in [2.45, 2.75) is 29.4 Å². The summed E-state index contributed by atoms with van der Waals surface area (Å²) < 4.78 is 28.1. The van der Waals surface area contributed by atoms with E-state index in [1.165, 1.54) is 21.0 Å². The van der Waals surface area contributed by atoms with Crippen molar-refractivity contribution in [3.05, 3.63) is 70.6 Å². The SMILES string of the molecule is O=C(CSc1n[nH]c(=O)n1Cc1ccccc1)Nc1ccc(S(=O)(=O)N2CCCC2)cc1. The molecule has 1 fully saturated rings. The van der Waals surface area contributed by atoms with Crippen LogP contribution in [0.5, 0.6) is 0 Å². The lowest BCUT2D eigenvalue weighted by Crippen LogP contribution is -2.27. The summed E-state index contributed by atoms with van der Waals surface area (Å²) in [5, 5.41) is 9.58. The number of benzene rings is 2. The van der Waals surface area contributed by atoms with E-state index in [-0.39, 0.29) is 22.2 Å². The normalized spacial score (nSPS) is 14.5. The third-order valence-electron chi connectivity index (χ3n) is 5.08. The van der Waals surface area contributed by atoms with E-state index in [0.29, 0.717) is 30.5 Å². The van der Waals surface area contributed by atoms with Gasteiger partial charge in [0.1, 0.15) is 0 Å². The Labute approximate surface area is 189 Å². The molecule has 2 heterocycles. The Kier molecular flexibility index (Phi) is 6.77. The molecule has 32 heavy (non-hydrogen) atoms. The largest absolute Gasteiger partial charge is 0.344 e. The second-order valence-corrected chi connectivity index (χ2v) is 10.2. The average molecular weight is 474 g/mol. The van der Waals surface area contributed by atoms with E-state index in [4.69, 9.17) is 0 Å². The van der Waals surface area contributed by atoms with Crippen molar-refractivity contribution in [2.75, 3.05) is 24.2 Å². The summed E-state index contributed by atoms with van der Waals surface area (Å²) >= 11 is 1.14. The lowest BCUT2D eigenvalue weighted by atomic mass is 10.2. The molecule has 2 N–H and O–H groups in total. The minimum atomic E-state index is -3.49. The van der Waals surface area contributed by atoms with E-state index < -0.39 is 10.0 Å². The molecule has 1 aromatic heterocycles. The first-order valence-corrected chi connectivity index (χ1v) is 12.6. The van der Waals surface area contributed by atoms with Crippen molar-refractivity contribution in [1.29, 1.82) is 0 Å². The van der Waals surface area contributed by atoms with Crippen LogP contribution in [0.1, 0.15) is 18.4 Å². The van der Waals surface area contributed by atoms with Crippen LogP contribution < -0.4 is 11.0 Å². The Morgan fingerprint density at radius 2 is 1.75 bits per heavy atom. The lowest BCUT2D eigenvalue weighted by molar-refractivity contribution is -0.113. The quantitative estimate of drug-likeness (QED) is 0.484. The van der Waals surface area contributed by atoms with Gasteiger partial charge in [0.25, 0.3) is 0 Å². The minimum absolute atomic E-state index is 0.0485. The van der Waals surface area contributed by atoms with Crippen molar-refractivity contribution in [2.24, 2.45) is 0 Å². The Bertz CT molecular complexity index is 1230. The number of hydrogen-bond acceptors (Lipinski definition) is 6. The minimum Gasteiger partial charge on any atom is -0.325 e. The smallest absolute Gasteiger partial charge is 0.325 e. The van der Waals surface area contributed by atoms with Gasteiger partial charge in [0.2, 0.25) is 15.9 Å². The molecule has 168 valence electrons. The molecule has 11 heteroatoms. The number of H-pyrrole nitrogens is 1. The zero-order valence-corrected chi connectivity index (χ0v) is 18.9. The number of aromatic nitrogens is 3. The first kappa shape index (κ1) is 22.3. The number of thioether (sulfide) groups is 1. The zero-order chi connectivity index (χ0) is 22.6. The Morgan fingerprint density at radius 1 is 1.06 bits per heavy atom. The van der Waals surface area contributed by atoms with Crippen molar-refractivity contribution in [3.8, 4) is 0 Å². The highest BCUT2D eigenvalue weighted by Gasteiger charge is 2.26. The van der Waals surface area contributed by atoms with Crippen LogP contribution in [0.25, 0.3) is 0 Å². The Hall–Kier alpha value is -2.89. The van der Waals surface area contributed by atoms with Gasteiger partial charge in [-0.2, -0.15) is 4.31 Å². The van der Waals surface area contributed by atoms with Crippen LogP contribution in [0, 0.1) is 0 Å². The molecule has 0 aliphatic carbocycles. The number of nitrogens with zero attached hydrogens (tertiary/aromatic N) is 3. The van der Waals surface area contributed by atoms with Gasteiger partial charge < -0.3 is 5.32 Å². The Balaban J connectivity index is 1.35. The fourth-order valence-corrected chi connectivity index (χ4v) is 5.70. The van der Waals surface area contributed by atoms with E-state index in [1.807, 2.05) is 30.3 Å². The second kappa shape index (κ2) is 9.72. The molecule has 3 aromatic rings. The molecule has 0 saturated carbocycles. The lowest BCUT2D eigenvalue weighted by Gasteiger charge is -2.15. The van der Waals surface area contributed by atoms with Gasteiger partial charge in [0.05, 0.1) is 17.2 Å². The van der Waals surface area contributed by atoms with Crippen molar-refractivity contribution in [3.63, 3.8) is 0 Å². The zero-order valence-electron chi connectivity index (χ0n) is 17.2. The number of anilines is 1. The first-order valence-electron chi connectivity index (χ1n) is 10.2. The third-order valence-corrected chi connectivity index (χ3v) is 7.97. The number of hydrogen-bond donors (Lipinski definition) is 2. The van der Waals surface area contributed by atoms with Gasteiger partial charge in [-0.1, -0.05) is 42.1 Å². The molecule has 1 aliphatic heterocycles. The molecule has 1 aliphatic rings. The number of amides is 1. The fraction of sp³-hybridized carbons (Fsp3) is 0.286. The van der Waals surface area contributed by atoms with E-state index in [9.17, 15) is 18.0 Å². The predicted molar refractivity (Wildman–Crippen MR) is 122 cm³/mol. The highest BCUT2D eigenvalue weighted by molar-refractivity contribution is 7.99. The molecule has 1 amide bonds. The monoisotopic (exact) mass is 473 g/mol. The van der Waals surface area contributed by atoms with Crippen molar-refractivity contribution in [1.82, 2.24) is 19.1 Å². The summed E-state index contributed by atoms with van der Waals surface area (Å²) in [6, 6.07) is 15.7. The summed E-state index contributed by atoms with van der Waals surface area (Å²) in [5.74, 6) is -0.237. The molecule has 0 spiro atoms. The Morgan fingerprint density at radius 3 is 2.44 bits per heavy atom. The van der Waals surface area contributed by atoms with Gasteiger partial charge in [-0.25, -0.2) is 18.3 Å². The maximum absolute atomic E-state index is 12.6. The maximum Gasteiger partial charge on any atom is 0.344 e. The predicted octanol–water partition coefficient (Wildman–Crippen LogP) is 2.13. The molecule has 9 nitrogen and oxygen atoms in total. The summed E-state index contributed by atoms with van der Waals surface area (Å²) in [7, 11) is -3.49. The standard InChI is InChI=1S/C21H23N5O4S2/c27-19(15-31-21-24-23-20(28)26(21)14-16-6-2-1-3-7-16)22-17-8-10-18(11-9-17)32(29,30)25-12-4-5-13-25/h1-3,6-11H,4-5,12-15H2,(H,22,27)(H,23,28). The molecule has 0 radical (unpaired) electrons. The van der Waals surface area contributed by atoms with Crippen molar-refractivity contribution < 1.29 is 13.2 Å². The molecule has 0 atom stereocenters.